The van der Waals surface area contributed by atoms with Crippen LogP contribution in [-0.2, 0) is 11.3 Å². The molecule has 0 aliphatic heterocycles. The number of carbonyl (C=O) groups excluding carboxylic acids is 1. The van der Waals surface area contributed by atoms with Gasteiger partial charge in [0.2, 0.25) is 5.91 Å². The van der Waals surface area contributed by atoms with Crippen molar-refractivity contribution in [2.24, 2.45) is 0 Å². The van der Waals surface area contributed by atoms with Gasteiger partial charge in [-0.2, -0.15) is 0 Å². The molecule has 0 saturated carbocycles. The minimum atomic E-state index is -0.664. The molecule has 0 aliphatic rings. The van der Waals surface area contributed by atoms with Gasteiger partial charge in [0.25, 0.3) is 0 Å². The molecule has 1 aromatic carbocycles. The molecule has 0 radical (unpaired) electrons. The van der Waals surface area contributed by atoms with Crippen molar-refractivity contribution in [1.82, 2.24) is 10.3 Å². The second kappa shape index (κ2) is 6.34. The summed E-state index contributed by atoms with van der Waals surface area (Å²) in [5.41, 5.74) is 2.89. The van der Waals surface area contributed by atoms with Crippen LogP contribution in [0.15, 0.2) is 48.8 Å². The average molecular weight is 275 g/mol. The Balaban J connectivity index is 1.97. The first-order valence-corrected chi connectivity index (χ1v) is 6.48. The van der Waals surface area contributed by atoms with Crippen molar-refractivity contribution < 1.29 is 4.79 Å². The maximum absolute atomic E-state index is 12.0. The third kappa shape index (κ3) is 3.55. The van der Waals surface area contributed by atoms with Crippen molar-refractivity contribution >= 4 is 17.5 Å². The summed E-state index contributed by atoms with van der Waals surface area (Å²) in [7, 11) is 0. The Hall–Kier alpha value is -1.87. The topological polar surface area (TPSA) is 42.0 Å². The van der Waals surface area contributed by atoms with Crippen LogP contribution in [0, 0.1) is 6.92 Å². The molecular formula is C15H15ClN2O. The minimum Gasteiger partial charge on any atom is -0.350 e. The number of nitrogens with zero attached hydrogens (tertiary/aromatic N) is 1. The van der Waals surface area contributed by atoms with Gasteiger partial charge in [-0.25, -0.2) is 0 Å². The Bertz CT molecular complexity index is 557. The number of alkyl halides is 1. The molecule has 1 atom stereocenters. The molecule has 0 aliphatic carbocycles. The second-order valence-electron chi connectivity index (χ2n) is 4.29. The predicted octanol–water partition coefficient (Wildman–Crippen LogP) is 2.99. The van der Waals surface area contributed by atoms with Gasteiger partial charge < -0.3 is 5.32 Å². The number of aromatic nitrogens is 1. The van der Waals surface area contributed by atoms with Crippen molar-refractivity contribution in [2.45, 2.75) is 18.8 Å². The summed E-state index contributed by atoms with van der Waals surface area (Å²) in [6.07, 6.45) is 3.49. The van der Waals surface area contributed by atoms with E-state index in [1.807, 2.05) is 43.3 Å². The summed E-state index contributed by atoms with van der Waals surface area (Å²) < 4.78 is 0. The monoisotopic (exact) mass is 274 g/mol. The van der Waals surface area contributed by atoms with E-state index in [9.17, 15) is 4.79 Å². The van der Waals surface area contributed by atoms with Crippen molar-refractivity contribution in [3.63, 3.8) is 0 Å². The number of aryl methyl sites for hydroxylation is 1. The number of carbonyl (C=O) groups is 1. The van der Waals surface area contributed by atoms with Gasteiger partial charge in [0.05, 0.1) is 0 Å². The van der Waals surface area contributed by atoms with Crippen molar-refractivity contribution in [2.75, 3.05) is 0 Å². The molecule has 0 saturated heterocycles. The highest BCUT2D eigenvalue weighted by Gasteiger charge is 2.16. The molecule has 3 nitrogen and oxygen atoms in total. The van der Waals surface area contributed by atoms with E-state index in [2.05, 4.69) is 10.3 Å². The van der Waals surface area contributed by atoms with Crippen LogP contribution < -0.4 is 5.32 Å². The van der Waals surface area contributed by atoms with Gasteiger partial charge in [-0.15, -0.1) is 11.6 Å². The molecule has 0 spiro atoms. The van der Waals surface area contributed by atoms with Gasteiger partial charge in [0.1, 0.15) is 5.38 Å². The number of nitrogens with one attached hydrogen (secondary N) is 1. The number of benzene rings is 1. The molecule has 1 N–H and O–H groups in total. The summed E-state index contributed by atoms with van der Waals surface area (Å²) in [5, 5.41) is 2.18. The Labute approximate surface area is 117 Å². The molecule has 1 amide bonds. The molecule has 0 fully saturated rings. The molecule has 19 heavy (non-hydrogen) atoms. The summed E-state index contributed by atoms with van der Waals surface area (Å²) >= 11 is 6.14. The fraction of sp³-hybridized carbons (Fsp3) is 0.200. The van der Waals surface area contributed by atoms with Crippen LogP contribution in [0.1, 0.15) is 22.1 Å². The van der Waals surface area contributed by atoms with Crippen LogP contribution in [0.3, 0.4) is 0 Å². The molecular weight excluding hydrogens is 260 g/mol. The van der Waals surface area contributed by atoms with E-state index in [0.29, 0.717) is 6.54 Å². The molecule has 2 aromatic rings. The molecule has 1 aromatic heterocycles. The van der Waals surface area contributed by atoms with Gasteiger partial charge in [0.15, 0.2) is 0 Å². The molecule has 0 bridgehead atoms. The normalized spacial score (nSPS) is 11.9. The molecule has 1 heterocycles. The quantitative estimate of drug-likeness (QED) is 0.871. The standard InChI is InChI=1S/C15H15ClN2O/c1-11-9-17-8-7-13(11)10-18-15(19)14(16)12-5-3-2-4-6-12/h2-9,14H,10H2,1H3,(H,18,19). The maximum atomic E-state index is 12.0. The van der Waals surface area contributed by atoms with Crippen LogP contribution in [0.5, 0.6) is 0 Å². The SMILES string of the molecule is Cc1cnccc1CNC(=O)C(Cl)c1ccccc1. The Morgan fingerprint density at radius 3 is 2.74 bits per heavy atom. The van der Waals surface area contributed by atoms with Gasteiger partial charge in [-0.05, 0) is 29.7 Å². The smallest absolute Gasteiger partial charge is 0.242 e. The predicted molar refractivity (Wildman–Crippen MR) is 75.9 cm³/mol. The summed E-state index contributed by atoms with van der Waals surface area (Å²) in [6, 6.07) is 11.2. The third-order valence-electron chi connectivity index (χ3n) is 2.91. The summed E-state index contributed by atoms with van der Waals surface area (Å²) in [4.78, 5) is 16.0. The van der Waals surface area contributed by atoms with Gasteiger partial charge in [-0.3, -0.25) is 9.78 Å². The van der Waals surface area contributed by atoms with Gasteiger partial charge in [0, 0.05) is 18.9 Å². The van der Waals surface area contributed by atoms with Crippen molar-refractivity contribution in [3.05, 3.63) is 65.5 Å². The Kier molecular flexibility index (Phi) is 4.53. The van der Waals surface area contributed by atoms with E-state index >= 15 is 0 Å². The van der Waals surface area contributed by atoms with E-state index in [1.165, 1.54) is 0 Å². The van der Waals surface area contributed by atoms with Gasteiger partial charge >= 0.3 is 0 Å². The van der Waals surface area contributed by atoms with Crippen LogP contribution in [0.25, 0.3) is 0 Å². The fourth-order valence-corrected chi connectivity index (χ4v) is 1.97. The zero-order valence-corrected chi connectivity index (χ0v) is 11.4. The highest BCUT2D eigenvalue weighted by atomic mass is 35.5. The molecule has 2 rings (SSSR count). The van der Waals surface area contributed by atoms with Crippen LogP contribution >= 0.6 is 11.6 Å². The summed E-state index contributed by atoms with van der Waals surface area (Å²) in [5.74, 6) is -0.191. The summed E-state index contributed by atoms with van der Waals surface area (Å²) in [6.45, 7) is 2.42. The lowest BCUT2D eigenvalue weighted by molar-refractivity contribution is -0.121. The zero-order chi connectivity index (χ0) is 13.7. The molecule has 1 unspecified atom stereocenters. The van der Waals surface area contributed by atoms with Crippen molar-refractivity contribution in [3.8, 4) is 0 Å². The Morgan fingerprint density at radius 2 is 2.05 bits per heavy atom. The van der Waals surface area contributed by atoms with Crippen LogP contribution in [-0.4, -0.2) is 10.9 Å². The van der Waals surface area contributed by atoms with E-state index in [1.54, 1.807) is 12.4 Å². The number of hydrogen-bond donors (Lipinski definition) is 1. The maximum Gasteiger partial charge on any atom is 0.242 e. The first kappa shape index (κ1) is 13.6. The van der Waals surface area contributed by atoms with E-state index in [4.69, 9.17) is 11.6 Å². The average Bonchev–Trinajstić information content (AvgIpc) is 2.46. The number of hydrogen-bond acceptors (Lipinski definition) is 2. The number of pyridine rings is 1. The highest BCUT2D eigenvalue weighted by molar-refractivity contribution is 6.30. The lowest BCUT2D eigenvalue weighted by atomic mass is 10.1. The largest absolute Gasteiger partial charge is 0.350 e. The second-order valence-corrected chi connectivity index (χ2v) is 4.73. The number of halogens is 1. The van der Waals surface area contributed by atoms with Crippen LogP contribution in [0.2, 0.25) is 0 Å². The van der Waals surface area contributed by atoms with E-state index in [0.717, 1.165) is 16.7 Å². The number of rotatable bonds is 4. The lowest BCUT2D eigenvalue weighted by Gasteiger charge is -2.11. The van der Waals surface area contributed by atoms with E-state index in [-0.39, 0.29) is 5.91 Å². The first-order valence-electron chi connectivity index (χ1n) is 6.04. The van der Waals surface area contributed by atoms with Gasteiger partial charge in [-0.1, -0.05) is 30.3 Å². The fourth-order valence-electron chi connectivity index (χ4n) is 1.75. The van der Waals surface area contributed by atoms with Crippen molar-refractivity contribution in [1.29, 1.82) is 0 Å². The third-order valence-corrected chi connectivity index (χ3v) is 3.36. The zero-order valence-electron chi connectivity index (χ0n) is 10.6. The lowest BCUT2D eigenvalue weighted by Crippen LogP contribution is -2.26. The molecule has 4 heteroatoms. The highest BCUT2D eigenvalue weighted by Crippen LogP contribution is 2.20. The first-order chi connectivity index (χ1) is 9.18. The number of amides is 1. The Morgan fingerprint density at radius 1 is 1.32 bits per heavy atom. The minimum absolute atomic E-state index is 0.191. The molecule has 98 valence electrons. The van der Waals surface area contributed by atoms with Crippen LogP contribution in [0.4, 0.5) is 0 Å². The van der Waals surface area contributed by atoms with E-state index < -0.39 is 5.38 Å².